The number of nitrogens with one attached hydrogen (secondary N) is 1. The molecule has 0 spiro atoms. The summed E-state index contributed by atoms with van der Waals surface area (Å²) in [4.78, 5) is 8.29. The molecule has 0 radical (unpaired) electrons. The second kappa shape index (κ2) is 4.25. The van der Waals surface area contributed by atoms with Crippen LogP contribution >= 0.6 is 0 Å². The fourth-order valence-corrected chi connectivity index (χ4v) is 1.82. The first-order valence-electron chi connectivity index (χ1n) is 5.36. The van der Waals surface area contributed by atoms with E-state index in [9.17, 15) is 0 Å². The van der Waals surface area contributed by atoms with Crippen LogP contribution in [0.5, 0.6) is 5.88 Å². The van der Waals surface area contributed by atoms with Gasteiger partial charge >= 0.3 is 0 Å². The Bertz CT molecular complexity index is 375. The maximum atomic E-state index is 5.39. The zero-order chi connectivity index (χ0) is 11.6. The molecule has 88 valence electrons. The van der Waals surface area contributed by atoms with Crippen molar-refractivity contribution in [2.75, 3.05) is 25.6 Å². The normalized spacial score (nSPS) is 24.4. The van der Waals surface area contributed by atoms with E-state index < -0.39 is 0 Å². The fourth-order valence-electron chi connectivity index (χ4n) is 1.82. The molecule has 16 heavy (non-hydrogen) atoms. The molecule has 2 rings (SSSR count). The van der Waals surface area contributed by atoms with E-state index in [1.165, 1.54) is 6.33 Å². The van der Waals surface area contributed by atoms with Gasteiger partial charge in [0.2, 0.25) is 5.88 Å². The van der Waals surface area contributed by atoms with E-state index in [0.717, 1.165) is 24.4 Å². The third-order valence-electron chi connectivity index (χ3n) is 2.87. The lowest BCUT2D eigenvalue weighted by Crippen LogP contribution is -2.35. The summed E-state index contributed by atoms with van der Waals surface area (Å²) in [7, 11) is 1.61. The van der Waals surface area contributed by atoms with Gasteiger partial charge in [-0.05, 0) is 20.3 Å². The summed E-state index contributed by atoms with van der Waals surface area (Å²) >= 11 is 0. The molecule has 1 fully saturated rings. The summed E-state index contributed by atoms with van der Waals surface area (Å²) in [6.07, 6.45) is 2.49. The Morgan fingerprint density at radius 2 is 2.31 bits per heavy atom. The third-order valence-corrected chi connectivity index (χ3v) is 2.87. The van der Waals surface area contributed by atoms with Crippen LogP contribution in [0.4, 0.5) is 5.82 Å². The highest BCUT2D eigenvalue weighted by molar-refractivity contribution is 5.49. The van der Waals surface area contributed by atoms with E-state index in [1.807, 2.05) is 6.92 Å². The first-order chi connectivity index (χ1) is 7.64. The first kappa shape index (κ1) is 11.1. The first-order valence-corrected chi connectivity index (χ1v) is 5.36. The van der Waals surface area contributed by atoms with Gasteiger partial charge in [0.25, 0.3) is 0 Å². The molecule has 2 heterocycles. The molecule has 0 bridgehead atoms. The third kappa shape index (κ3) is 2.09. The smallest absolute Gasteiger partial charge is 0.221 e. The summed E-state index contributed by atoms with van der Waals surface area (Å²) in [5.41, 5.74) is 0.891. The van der Waals surface area contributed by atoms with Crippen molar-refractivity contribution in [3.63, 3.8) is 0 Å². The van der Waals surface area contributed by atoms with Gasteiger partial charge < -0.3 is 14.8 Å². The molecule has 1 N–H and O–H groups in total. The van der Waals surface area contributed by atoms with Crippen LogP contribution in [0.3, 0.4) is 0 Å². The quantitative estimate of drug-likeness (QED) is 0.839. The molecule has 0 saturated carbocycles. The highest BCUT2D eigenvalue weighted by Crippen LogP contribution is 2.27. The Morgan fingerprint density at radius 3 is 2.94 bits per heavy atom. The van der Waals surface area contributed by atoms with Gasteiger partial charge in [-0.25, -0.2) is 9.97 Å². The van der Waals surface area contributed by atoms with Crippen LogP contribution < -0.4 is 10.1 Å². The Balaban J connectivity index is 2.21. The summed E-state index contributed by atoms with van der Waals surface area (Å²) in [6, 6.07) is 0. The van der Waals surface area contributed by atoms with E-state index in [0.29, 0.717) is 12.5 Å². The molecule has 1 aromatic rings. The topological polar surface area (TPSA) is 56.3 Å². The van der Waals surface area contributed by atoms with E-state index >= 15 is 0 Å². The lowest BCUT2D eigenvalue weighted by atomic mass is 10.0. The molecule has 0 aromatic carbocycles. The number of hydrogen-bond acceptors (Lipinski definition) is 5. The molecule has 1 atom stereocenters. The maximum absolute atomic E-state index is 5.39. The Kier molecular flexibility index (Phi) is 2.96. The van der Waals surface area contributed by atoms with Crippen molar-refractivity contribution >= 4 is 5.82 Å². The van der Waals surface area contributed by atoms with Crippen LogP contribution in [0, 0.1) is 6.92 Å². The van der Waals surface area contributed by atoms with Crippen molar-refractivity contribution in [2.24, 2.45) is 0 Å². The van der Waals surface area contributed by atoms with Crippen molar-refractivity contribution in [2.45, 2.75) is 25.8 Å². The van der Waals surface area contributed by atoms with Crippen LogP contribution in [0.2, 0.25) is 0 Å². The minimum absolute atomic E-state index is 0.0376. The minimum Gasteiger partial charge on any atom is -0.481 e. The highest BCUT2D eigenvalue weighted by atomic mass is 16.5. The lowest BCUT2D eigenvalue weighted by molar-refractivity contribution is 0.185. The number of ether oxygens (including phenoxy) is 2. The maximum Gasteiger partial charge on any atom is 0.221 e. The molecule has 5 heteroatoms. The summed E-state index contributed by atoms with van der Waals surface area (Å²) in [5, 5.41) is 3.40. The van der Waals surface area contributed by atoms with Gasteiger partial charge in [-0.1, -0.05) is 0 Å². The second-order valence-electron chi connectivity index (χ2n) is 4.34. The van der Waals surface area contributed by atoms with Crippen molar-refractivity contribution in [3.8, 4) is 5.88 Å². The number of methoxy groups -OCH3 is 1. The van der Waals surface area contributed by atoms with Crippen molar-refractivity contribution in [3.05, 3.63) is 11.9 Å². The monoisotopic (exact) mass is 223 g/mol. The van der Waals surface area contributed by atoms with E-state index in [2.05, 4.69) is 22.2 Å². The predicted octanol–water partition coefficient (Wildman–Crippen LogP) is 1.38. The molecule has 5 nitrogen and oxygen atoms in total. The lowest BCUT2D eigenvalue weighted by Gasteiger charge is -2.25. The molecular formula is C11H17N3O2. The van der Waals surface area contributed by atoms with E-state index in [1.54, 1.807) is 7.11 Å². The Morgan fingerprint density at radius 1 is 1.50 bits per heavy atom. The summed E-state index contributed by atoms with van der Waals surface area (Å²) in [5.74, 6) is 1.43. The predicted molar refractivity (Wildman–Crippen MR) is 60.8 cm³/mol. The van der Waals surface area contributed by atoms with Gasteiger partial charge in [-0.3, -0.25) is 0 Å². The van der Waals surface area contributed by atoms with E-state index in [-0.39, 0.29) is 5.54 Å². The Labute approximate surface area is 95.2 Å². The van der Waals surface area contributed by atoms with Gasteiger partial charge in [-0.15, -0.1) is 0 Å². The molecule has 1 aromatic heterocycles. The standard InChI is InChI=1S/C11H17N3O2/c1-8-9(12-7-13-10(8)15-3)14-11(2)4-5-16-6-11/h7H,4-6H2,1-3H3,(H,12,13,14). The van der Waals surface area contributed by atoms with Crippen LogP contribution in [0.25, 0.3) is 0 Å². The van der Waals surface area contributed by atoms with Crippen molar-refractivity contribution in [1.29, 1.82) is 0 Å². The van der Waals surface area contributed by atoms with Gasteiger partial charge in [-0.2, -0.15) is 0 Å². The second-order valence-corrected chi connectivity index (χ2v) is 4.34. The summed E-state index contributed by atoms with van der Waals surface area (Å²) < 4.78 is 10.6. The zero-order valence-electron chi connectivity index (χ0n) is 9.91. The molecule has 0 amide bonds. The zero-order valence-corrected chi connectivity index (χ0v) is 9.91. The number of aromatic nitrogens is 2. The number of nitrogens with zero attached hydrogens (tertiary/aromatic N) is 2. The van der Waals surface area contributed by atoms with Crippen LogP contribution in [0.1, 0.15) is 18.9 Å². The highest BCUT2D eigenvalue weighted by Gasteiger charge is 2.30. The van der Waals surface area contributed by atoms with Gasteiger partial charge in [0.1, 0.15) is 12.1 Å². The number of anilines is 1. The van der Waals surface area contributed by atoms with Crippen LogP contribution in [0.15, 0.2) is 6.33 Å². The van der Waals surface area contributed by atoms with Crippen LogP contribution in [-0.2, 0) is 4.74 Å². The number of hydrogen-bond donors (Lipinski definition) is 1. The van der Waals surface area contributed by atoms with Crippen molar-refractivity contribution < 1.29 is 9.47 Å². The average molecular weight is 223 g/mol. The molecule has 1 aliphatic rings. The molecule has 1 unspecified atom stereocenters. The van der Waals surface area contributed by atoms with Gasteiger partial charge in [0, 0.05) is 6.61 Å². The minimum atomic E-state index is -0.0376. The fraction of sp³-hybridized carbons (Fsp3) is 0.636. The molecule has 1 saturated heterocycles. The summed E-state index contributed by atoms with van der Waals surface area (Å²) in [6.45, 7) is 5.58. The van der Waals surface area contributed by atoms with Crippen LogP contribution in [-0.4, -0.2) is 35.8 Å². The largest absolute Gasteiger partial charge is 0.481 e. The SMILES string of the molecule is COc1ncnc(NC2(C)CCOC2)c1C. The molecule has 0 aliphatic carbocycles. The number of rotatable bonds is 3. The molecule has 1 aliphatic heterocycles. The average Bonchev–Trinajstić information content (AvgIpc) is 2.68. The van der Waals surface area contributed by atoms with E-state index in [4.69, 9.17) is 9.47 Å². The Hall–Kier alpha value is -1.36. The molecular weight excluding hydrogens is 206 g/mol. The van der Waals surface area contributed by atoms with Crippen molar-refractivity contribution in [1.82, 2.24) is 9.97 Å². The van der Waals surface area contributed by atoms with Gasteiger partial charge in [0.15, 0.2) is 0 Å². The van der Waals surface area contributed by atoms with Gasteiger partial charge in [0.05, 0.1) is 24.8 Å².